The molecule has 2 fully saturated rings. The molecular weight excluding hydrogens is 630 g/mol. The van der Waals surface area contributed by atoms with E-state index in [1.165, 1.54) is 24.4 Å². The Hall–Kier alpha value is -3.75. The molecule has 1 amide bonds. The Kier molecular flexibility index (Phi) is 8.25. The smallest absolute Gasteiger partial charge is 0.255 e. The highest BCUT2D eigenvalue weighted by molar-refractivity contribution is 7.92. The number of aliphatic hydroxyl groups excluding tert-OH is 2. The first kappa shape index (κ1) is 31.2. The van der Waals surface area contributed by atoms with E-state index in [2.05, 4.69) is 15.4 Å². The third-order valence-corrected chi connectivity index (χ3v) is 11.6. The minimum Gasteiger partial charge on any atom is -0.387 e. The van der Waals surface area contributed by atoms with Gasteiger partial charge in [0.25, 0.3) is 5.91 Å². The van der Waals surface area contributed by atoms with Gasteiger partial charge in [-0.3, -0.25) is 9.78 Å². The first-order valence-corrected chi connectivity index (χ1v) is 16.2. The van der Waals surface area contributed by atoms with E-state index in [1.807, 2.05) is 0 Å². The Morgan fingerprint density at radius 1 is 1.02 bits per heavy atom. The lowest BCUT2D eigenvalue weighted by atomic mass is 9.69. The topological polar surface area (TPSA) is 155 Å². The molecule has 236 valence electrons. The molecule has 2 saturated carbocycles. The van der Waals surface area contributed by atoms with Crippen LogP contribution < -0.4 is 5.32 Å². The Labute approximate surface area is 262 Å². The molecule has 0 radical (unpaired) electrons. The van der Waals surface area contributed by atoms with Crippen molar-refractivity contribution in [3.63, 3.8) is 0 Å². The van der Waals surface area contributed by atoms with E-state index < -0.39 is 62.3 Å². The average molecular weight is 659 g/mol. The number of aromatic nitrogens is 3. The van der Waals surface area contributed by atoms with Gasteiger partial charge in [-0.15, -0.1) is 0 Å². The van der Waals surface area contributed by atoms with Gasteiger partial charge in [-0.05, 0) is 86.1 Å². The summed E-state index contributed by atoms with van der Waals surface area (Å²) < 4.78 is 56.3. The number of hydrogen-bond donors (Lipinski definition) is 4. The highest BCUT2D eigenvalue weighted by atomic mass is 35.5. The number of benzene rings is 2. The van der Waals surface area contributed by atoms with Crippen LogP contribution in [0.2, 0.25) is 5.02 Å². The second-order valence-corrected chi connectivity index (χ2v) is 14.1. The molecule has 0 spiro atoms. The molecule has 2 aromatic carbocycles. The molecule has 2 aliphatic carbocycles. The van der Waals surface area contributed by atoms with Crippen LogP contribution in [-0.2, 0) is 9.84 Å². The molecule has 14 heteroatoms. The molecule has 6 rings (SSSR count). The lowest BCUT2D eigenvalue weighted by molar-refractivity contribution is -0.178. The number of carbonyl (C=O) groups excluding carboxylic acids is 1. The van der Waals surface area contributed by atoms with Gasteiger partial charge < -0.3 is 20.6 Å². The maximum atomic E-state index is 13.9. The molecule has 2 aliphatic rings. The number of nitrogens with zero attached hydrogens (tertiary/aromatic N) is 3. The first-order chi connectivity index (χ1) is 21.4. The van der Waals surface area contributed by atoms with Crippen molar-refractivity contribution in [2.45, 2.75) is 53.6 Å². The number of aliphatic hydroxyl groups is 3. The standard InChI is InChI=1S/C31H29ClF2N4O6S/c32-23-6-2-17(30(41)37-20-5-7-24(33)25(34)15-20)12-27(23)45(43,44)22-13-18-3-4-19(14-22)31(18,42)29(40)28(39)26-16-21(8-10-35-26)38-11-1-9-36-38/h1-2,5-12,15-16,18-19,22,28-29,39-40,42H,3-4,13-14H2,(H,37,41)/t18?,19?,22-,28?,29?,31-. The van der Waals surface area contributed by atoms with Gasteiger partial charge in [-0.2, -0.15) is 5.10 Å². The maximum absolute atomic E-state index is 13.9. The molecule has 4 unspecified atom stereocenters. The SMILES string of the molecule is O=C(Nc1ccc(F)c(F)c1)c1ccc(Cl)c(S(=O)(=O)[C@H]2CC3CCC(C2)[C@]3(O)C(O)C(O)c2cc(-n3cccn3)ccn2)c1. The van der Waals surface area contributed by atoms with Crippen LogP contribution in [-0.4, -0.2) is 61.4 Å². The molecule has 2 bridgehead atoms. The van der Waals surface area contributed by atoms with Gasteiger partial charge in [0.2, 0.25) is 0 Å². The normalized spacial score (nSPS) is 24.3. The fourth-order valence-electron chi connectivity index (χ4n) is 6.68. The number of fused-ring (bicyclic) bond motifs is 2. The third kappa shape index (κ3) is 5.63. The van der Waals surface area contributed by atoms with Crippen LogP contribution in [0.4, 0.5) is 14.5 Å². The number of nitrogens with one attached hydrogen (secondary N) is 1. The number of pyridine rings is 1. The van der Waals surface area contributed by atoms with Crippen molar-refractivity contribution in [1.29, 1.82) is 0 Å². The summed E-state index contributed by atoms with van der Waals surface area (Å²) in [5.41, 5.74) is -1.14. The molecule has 4 atom stereocenters. The zero-order chi connectivity index (χ0) is 32.1. The van der Waals surface area contributed by atoms with Crippen molar-refractivity contribution in [2.24, 2.45) is 11.8 Å². The van der Waals surface area contributed by atoms with Gasteiger partial charge in [0.05, 0.1) is 32.2 Å². The van der Waals surface area contributed by atoms with E-state index in [9.17, 15) is 37.3 Å². The molecule has 4 aromatic rings. The van der Waals surface area contributed by atoms with Crippen LogP contribution in [0.25, 0.3) is 5.69 Å². The molecule has 4 N–H and O–H groups in total. The Bertz CT molecular complexity index is 1840. The van der Waals surface area contributed by atoms with E-state index in [-0.39, 0.29) is 39.7 Å². The fraction of sp³-hybridized carbons (Fsp3) is 0.323. The lowest BCUT2D eigenvalue weighted by Gasteiger charge is -2.46. The molecule has 45 heavy (non-hydrogen) atoms. The van der Waals surface area contributed by atoms with Crippen molar-refractivity contribution >= 4 is 33.0 Å². The number of hydrogen-bond acceptors (Lipinski definition) is 8. The summed E-state index contributed by atoms with van der Waals surface area (Å²) in [5.74, 6) is -4.31. The van der Waals surface area contributed by atoms with Gasteiger partial charge in [0.15, 0.2) is 21.5 Å². The van der Waals surface area contributed by atoms with Gasteiger partial charge >= 0.3 is 0 Å². The molecule has 0 saturated heterocycles. The van der Waals surface area contributed by atoms with Gasteiger partial charge in [0, 0.05) is 35.9 Å². The summed E-state index contributed by atoms with van der Waals surface area (Å²) in [5, 5.41) is 39.8. The minimum atomic E-state index is -4.14. The fourth-order valence-corrected chi connectivity index (χ4v) is 9.08. The number of carbonyl (C=O) groups is 1. The average Bonchev–Trinajstić information content (AvgIpc) is 3.60. The van der Waals surface area contributed by atoms with Gasteiger partial charge in [-0.1, -0.05) is 11.6 Å². The van der Waals surface area contributed by atoms with Crippen LogP contribution in [0.3, 0.4) is 0 Å². The monoisotopic (exact) mass is 658 g/mol. The van der Waals surface area contributed by atoms with Crippen molar-refractivity contribution in [2.75, 3.05) is 5.32 Å². The van der Waals surface area contributed by atoms with E-state index in [0.29, 0.717) is 18.5 Å². The van der Waals surface area contributed by atoms with Crippen LogP contribution in [0, 0.1) is 23.5 Å². The number of sulfone groups is 1. The second-order valence-electron chi connectivity index (χ2n) is 11.5. The summed E-state index contributed by atoms with van der Waals surface area (Å²) in [4.78, 5) is 16.8. The van der Waals surface area contributed by atoms with Crippen LogP contribution >= 0.6 is 11.6 Å². The summed E-state index contributed by atoms with van der Waals surface area (Å²) in [6.45, 7) is 0. The second kappa shape index (κ2) is 11.9. The Balaban J connectivity index is 1.21. The van der Waals surface area contributed by atoms with Crippen molar-refractivity contribution in [3.05, 3.63) is 101 Å². The zero-order valence-corrected chi connectivity index (χ0v) is 25.2. The minimum absolute atomic E-state index is 0.0124. The lowest BCUT2D eigenvalue weighted by Crippen LogP contribution is -2.57. The van der Waals surface area contributed by atoms with Crippen molar-refractivity contribution in [1.82, 2.24) is 14.8 Å². The third-order valence-electron chi connectivity index (χ3n) is 8.99. The predicted octanol–water partition coefficient (Wildman–Crippen LogP) is 4.24. The number of anilines is 1. The van der Waals surface area contributed by atoms with E-state index in [1.54, 1.807) is 35.3 Å². The van der Waals surface area contributed by atoms with E-state index in [4.69, 9.17) is 11.6 Å². The van der Waals surface area contributed by atoms with Crippen molar-refractivity contribution in [3.8, 4) is 5.69 Å². The van der Waals surface area contributed by atoms with Crippen LogP contribution in [0.5, 0.6) is 0 Å². The van der Waals surface area contributed by atoms with Crippen molar-refractivity contribution < 1.29 is 37.3 Å². The summed E-state index contributed by atoms with van der Waals surface area (Å²) in [6, 6.07) is 11.5. The first-order valence-electron chi connectivity index (χ1n) is 14.2. The van der Waals surface area contributed by atoms with Gasteiger partial charge in [0.1, 0.15) is 12.2 Å². The number of rotatable bonds is 8. The molecule has 0 aliphatic heterocycles. The highest BCUT2D eigenvalue weighted by Crippen LogP contribution is 2.55. The Morgan fingerprint density at radius 3 is 2.42 bits per heavy atom. The summed E-state index contributed by atoms with van der Waals surface area (Å²) in [6.07, 6.45) is 2.39. The summed E-state index contributed by atoms with van der Waals surface area (Å²) >= 11 is 6.32. The molecule has 10 nitrogen and oxygen atoms in total. The molecule has 2 heterocycles. The quantitative estimate of drug-likeness (QED) is 0.219. The molecule has 2 aromatic heterocycles. The van der Waals surface area contributed by atoms with E-state index in [0.717, 1.165) is 18.2 Å². The number of halogens is 3. The number of amides is 1. The molecular formula is C31H29ClF2N4O6S. The maximum Gasteiger partial charge on any atom is 0.255 e. The van der Waals surface area contributed by atoms with Gasteiger partial charge in [-0.25, -0.2) is 21.9 Å². The predicted molar refractivity (Wildman–Crippen MR) is 159 cm³/mol. The van der Waals surface area contributed by atoms with Crippen LogP contribution in [0.1, 0.15) is 47.8 Å². The largest absolute Gasteiger partial charge is 0.387 e. The van der Waals surface area contributed by atoms with Crippen LogP contribution in [0.15, 0.2) is 78.1 Å². The zero-order valence-electron chi connectivity index (χ0n) is 23.6. The van der Waals surface area contributed by atoms with E-state index >= 15 is 0 Å². The highest BCUT2D eigenvalue weighted by Gasteiger charge is 2.60. The summed E-state index contributed by atoms with van der Waals surface area (Å²) in [7, 11) is -4.14. The Morgan fingerprint density at radius 2 is 1.76 bits per heavy atom.